The molecular formula is C26H36F3N3O4S. The molecule has 0 aromatic carbocycles. The van der Waals surface area contributed by atoms with Crippen molar-refractivity contribution in [2.24, 2.45) is 5.92 Å². The van der Waals surface area contributed by atoms with Gasteiger partial charge < -0.3 is 24.0 Å². The van der Waals surface area contributed by atoms with E-state index in [4.69, 9.17) is 19.9 Å². The number of fused-ring (bicyclic) bond motifs is 3. The Bertz CT molecular complexity index is 977. The number of aryl methyl sites for hydroxylation is 1. The highest BCUT2D eigenvalue weighted by Gasteiger charge is 2.48. The summed E-state index contributed by atoms with van der Waals surface area (Å²) < 4.78 is 38.9. The van der Waals surface area contributed by atoms with Crippen molar-refractivity contribution in [2.75, 3.05) is 26.2 Å². The van der Waals surface area contributed by atoms with Crippen molar-refractivity contribution in [3.05, 3.63) is 21.4 Å². The Labute approximate surface area is 220 Å². The first-order valence-corrected chi connectivity index (χ1v) is 13.8. The zero-order valence-electron chi connectivity index (χ0n) is 21.5. The monoisotopic (exact) mass is 543 g/mol. The lowest BCUT2D eigenvalue weighted by Gasteiger charge is -2.52. The molecule has 7 nitrogen and oxygen atoms in total. The summed E-state index contributed by atoms with van der Waals surface area (Å²) >= 11 is 1.77. The predicted octanol–water partition coefficient (Wildman–Crippen LogP) is 4.46. The van der Waals surface area contributed by atoms with Crippen LogP contribution in [0.3, 0.4) is 0 Å². The van der Waals surface area contributed by atoms with Crippen LogP contribution in [-0.4, -0.2) is 65.9 Å². The number of rotatable bonds is 7. The summed E-state index contributed by atoms with van der Waals surface area (Å²) in [5.41, 5.74) is 2.64. The number of nitriles is 1. The molecule has 3 saturated heterocycles. The highest BCUT2D eigenvalue weighted by molar-refractivity contribution is 7.10. The van der Waals surface area contributed by atoms with Crippen LogP contribution >= 0.6 is 11.3 Å². The average molecular weight is 544 g/mol. The molecule has 11 heteroatoms. The number of carboxylic acids is 1. The summed E-state index contributed by atoms with van der Waals surface area (Å²) in [5, 5.41) is 19.9. The van der Waals surface area contributed by atoms with E-state index in [1.54, 1.807) is 11.3 Å². The number of piperidine rings is 3. The van der Waals surface area contributed by atoms with Crippen LogP contribution < -0.4 is 5.11 Å². The smallest absolute Gasteiger partial charge is 0.430 e. The zero-order chi connectivity index (χ0) is 27.2. The normalized spacial score (nSPS) is 25.2. The van der Waals surface area contributed by atoms with Crippen LogP contribution in [0.15, 0.2) is 5.38 Å². The molecule has 0 radical (unpaired) electrons. The number of unbranched alkanes of at least 4 members (excludes halogenated alkanes) is 1. The molecule has 1 amide bonds. The molecule has 3 aliphatic heterocycles. The maximum atomic E-state index is 13.4. The number of thiophene rings is 1. The third-order valence-electron chi connectivity index (χ3n) is 8.15. The van der Waals surface area contributed by atoms with E-state index >= 15 is 0 Å². The molecule has 2 bridgehead atoms. The minimum Gasteiger partial charge on any atom is -0.542 e. The molecule has 0 unspecified atom stereocenters. The van der Waals surface area contributed by atoms with Crippen LogP contribution in [0.5, 0.6) is 0 Å². The molecule has 4 aliphatic rings. The van der Waals surface area contributed by atoms with Crippen molar-refractivity contribution in [2.45, 2.75) is 90.1 Å². The second-order valence-electron chi connectivity index (χ2n) is 10.5. The van der Waals surface area contributed by atoms with Gasteiger partial charge in [-0.1, -0.05) is 12.8 Å². The molecule has 1 saturated carbocycles. The molecule has 1 aromatic heterocycles. The lowest BCUT2D eigenvalue weighted by molar-refractivity contribution is -0.946. The van der Waals surface area contributed by atoms with Crippen molar-refractivity contribution in [3.63, 3.8) is 0 Å². The van der Waals surface area contributed by atoms with E-state index in [1.807, 2.05) is 4.90 Å². The Hall–Kier alpha value is -2.32. The fraction of sp³-hybridized carbons (Fsp3) is 0.731. The fourth-order valence-corrected chi connectivity index (χ4v) is 6.83. The van der Waals surface area contributed by atoms with E-state index in [2.05, 4.69) is 25.3 Å². The number of ether oxygens (including phenoxy) is 1. The standard InChI is InChI=1S/C24H36N3O2S.C2HF3O2/c1-18-17-30-23(19(18)2)15-26(21-7-3-4-8-21)24(28)29-22-16-27(12-6-5-11-25)13-9-20(22)10-14-27;3-2(4,5)1(6)7/h17,20-22H,3-10,12-16H2,1-2H3;(H,6,7)/q+1;/p-1/t20?,22-,27?;/m0./s1. The van der Waals surface area contributed by atoms with Crippen molar-refractivity contribution in [1.29, 1.82) is 5.26 Å². The second-order valence-corrected chi connectivity index (χ2v) is 11.5. The highest BCUT2D eigenvalue weighted by atomic mass is 32.1. The fourth-order valence-electron chi connectivity index (χ4n) is 5.79. The van der Waals surface area contributed by atoms with Gasteiger partial charge in [-0.15, -0.1) is 11.3 Å². The van der Waals surface area contributed by atoms with Crippen LogP contribution in [0.25, 0.3) is 0 Å². The maximum Gasteiger partial charge on any atom is 0.430 e. The van der Waals surface area contributed by atoms with E-state index in [0.717, 1.165) is 49.7 Å². The Morgan fingerprint density at radius 3 is 2.35 bits per heavy atom. The van der Waals surface area contributed by atoms with E-state index in [0.29, 0.717) is 24.9 Å². The van der Waals surface area contributed by atoms with Gasteiger partial charge in [0.2, 0.25) is 0 Å². The summed E-state index contributed by atoms with van der Waals surface area (Å²) in [6, 6.07) is 2.60. The summed E-state index contributed by atoms with van der Waals surface area (Å²) in [6.45, 7) is 9.37. The molecule has 206 valence electrons. The van der Waals surface area contributed by atoms with Gasteiger partial charge in [-0.3, -0.25) is 0 Å². The largest absolute Gasteiger partial charge is 0.542 e. The molecule has 1 aliphatic carbocycles. The predicted molar refractivity (Wildman–Crippen MR) is 130 cm³/mol. The zero-order valence-corrected chi connectivity index (χ0v) is 22.3. The number of hydrogen-bond acceptors (Lipinski definition) is 6. The van der Waals surface area contributed by atoms with Gasteiger partial charge in [0, 0.05) is 42.5 Å². The second kappa shape index (κ2) is 12.5. The first kappa shape index (κ1) is 29.2. The van der Waals surface area contributed by atoms with Crippen LogP contribution in [0.1, 0.15) is 67.4 Å². The number of quaternary nitrogens is 1. The lowest BCUT2D eigenvalue weighted by Crippen LogP contribution is -2.65. The number of halogens is 3. The van der Waals surface area contributed by atoms with E-state index in [-0.39, 0.29) is 12.2 Å². The number of hydrogen-bond donors (Lipinski definition) is 0. The van der Waals surface area contributed by atoms with E-state index < -0.39 is 12.1 Å². The summed E-state index contributed by atoms with van der Waals surface area (Å²) in [7, 11) is 0. The number of nitrogens with zero attached hydrogens (tertiary/aromatic N) is 3. The van der Waals surface area contributed by atoms with Crippen molar-refractivity contribution >= 4 is 23.4 Å². The van der Waals surface area contributed by atoms with Gasteiger partial charge in [0.25, 0.3) is 0 Å². The van der Waals surface area contributed by atoms with Crippen molar-refractivity contribution < 1.29 is 37.1 Å². The van der Waals surface area contributed by atoms with Gasteiger partial charge in [-0.25, -0.2) is 4.79 Å². The van der Waals surface area contributed by atoms with Crippen LogP contribution in [-0.2, 0) is 16.1 Å². The first-order valence-electron chi connectivity index (χ1n) is 13.0. The third-order valence-corrected chi connectivity index (χ3v) is 9.34. The molecular weight excluding hydrogens is 507 g/mol. The minimum atomic E-state index is -5.19. The molecule has 1 atom stereocenters. The summed E-state index contributed by atoms with van der Waals surface area (Å²) in [6.07, 6.45) is 3.24. The quantitative estimate of drug-likeness (QED) is 0.374. The van der Waals surface area contributed by atoms with Gasteiger partial charge in [0.1, 0.15) is 12.5 Å². The third kappa shape index (κ3) is 7.60. The Balaban J connectivity index is 0.000000479. The molecule has 4 heterocycles. The number of aliphatic carboxylic acids is 1. The summed E-state index contributed by atoms with van der Waals surface area (Å²) in [4.78, 5) is 25.5. The molecule has 1 aromatic rings. The average Bonchev–Trinajstić information content (AvgIpc) is 3.49. The van der Waals surface area contributed by atoms with Gasteiger partial charge >= 0.3 is 12.3 Å². The Kier molecular flexibility index (Phi) is 9.86. The Morgan fingerprint density at radius 2 is 1.84 bits per heavy atom. The minimum absolute atomic E-state index is 0.0390. The molecule has 0 spiro atoms. The maximum absolute atomic E-state index is 13.4. The topological polar surface area (TPSA) is 93.5 Å². The van der Waals surface area contributed by atoms with Crippen molar-refractivity contribution in [1.82, 2.24) is 4.90 Å². The van der Waals surface area contributed by atoms with Crippen LogP contribution in [0.2, 0.25) is 0 Å². The van der Waals surface area contributed by atoms with Gasteiger partial charge in [-0.2, -0.15) is 18.4 Å². The molecule has 0 N–H and O–H groups in total. The molecule has 37 heavy (non-hydrogen) atoms. The lowest BCUT2D eigenvalue weighted by atomic mass is 9.83. The number of carbonyl (C=O) groups is 2. The SMILES string of the molecule is Cc1csc(CN(C(=O)O[C@H]2C[N+]3(CCCC#N)CCC2CC3)C2CCCC2)c1C.O=C([O-])C(F)(F)F. The number of carbonyl (C=O) groups excluding carboxylic acids is 2. The van der Waals surface area contributed by atoms with Crippen LogP contribution in [0, 0.1) is 31.1 Å². The molecule has 4 fully saturated rings. The van der Waals surface area contributed by atoms with Crippen molar-refractivity contribution in [3.8, 4) is 6.07 Å². The van der Waals surface area contributed by atoms with E-state index in [9.17, 15) is 18.0 Å². The highest BCUT2D eigenvalue weighted by Crippen LogP contribution is 2.37. The number of alkyl halides is 3. The van der Waals surface area contributed by atoms with E-state index in [1.165, 1.54) is 41.9 Å². The van der Waals surface area contributed by atoms with Gasteiger partial charge in [0.05, 0.1) is 32.2 Å². The number of amides is 1. The number of carboxylic acid groups (broad SMARTS) is 1. The van der Waals surface area contributed by atoms with Gasteiger partial charge in [0.15, 0.2) is 6.10 Å². The summed E-state index contributed by atoms with van der Waals surface area (Å²) in [5.74, 6) is -2.49. The molecule has 5 rings (SSSR count). The first-order chi connectivity index (χ1) is 17.5. The Morgan fingerprint density at radius 1 is 1.22 bits per heavy atom. The van der Waals surface area contributed by atoms with Crippen LogP contribution in [0.4, 0.5) is 18.0 Å². The van der Waals surface area contributed by atoms with Gasteiger partial charge in [-0.05, 0) is 43.2 Å².